The Morgan fingerprint density at radius 1 is 0.541 bits per heavy atom. The van der Waals surface area contributed by atoms with Gasteiger partial charge in [-0.05, 0) is 85.3 Å². The standard InChI is InChI=1S/C31H28F2N2O2/c32-28-18-22(10-14-26(28)30-16-12-24(20-34)36-30)8-6-4-2-1-3-5-7-9-23-11-15-27(29(33)19-23)31-17-13-25(21-35)37-31/h10-19H,1-9H2. The highest BCUT2D eigenvalue weighted by Gasteiger charge is 2.12. The first-order valence-electron chi connectivity index (χ1n) is 12.6. The number of hydrogen-bond acceptors (Lipinski definition) is 4. The molecule has 0 aliphatic carbocycles. The van der Waals surface area contributed by atoms with E-state index in [1.165, 1.54) is 12.1 Å². The summed E-state index contributed by atoms with van der Waals surface area (Å²) in [6.45, 7) is 0. The molecule has 0 spiro atoms. The second kappa shape index (κ2) is 12.7. The number of hydrogen-bond donors (Lipinski definition) is 0. The number of benzene rings is 2. The Morgan fingerprint density at radius 3 is 1.30 bits per heavy atom. The molecule has 0 unspecified atom stereocenters. The highest BCUT2D eigenvalue weighted by atomic mass is 19.1. The Labute approximate surface area is 215 Å². The van der Waals surface area contributed by atoms with E-state index in [0.717, 1.165) is 68.9 Å². The third-order valence-electron chi connectivity index (χ3n) is 6.46. The van der Waals surface area contributed by atoms with Gasteiger partial charge in [-0.1, -0.05) is 44.2 Å². The van der Waals surface area contributed by atoms with Gasteiger partial charge in [0.15, 0.2) is 0 Å². The van der Waals surface area contributed by atoms with Gasteiger partial charge >= 0.3 is 0 Å². The molecule has 2 aromatic heterocycles. The van der Waals surface area contributed by atoms with Gasteiger partial charge in [-0.25, -0.2) is 8.78 Å². The van der Waals surface area contributed by atoms with Gasteiger partial charge in [-0.3, -0.25) is 0 Å². The van der Waals surface area contributed by atoms with Crippen LogP contribution in [0.3, 0.4) is 0 Å². The van der Waals surface area contributed by atoms with Gasteiger partial charge in [-0.15, -0.1) is 0 Å². The van der Waals surface area contributed by atoms with Gasteiger partial charge in [0.1, 0.15) is 35.3 Å². The summed E-state index contributed by atoms with van der Waals surface area (Å²) in [6.07, 6.45) is 9.30. The minimum atomic E-state index is -0.333. The zero-order chi connectivity index (χ0) is 26.0. The van der Waals surface area contributed by atoms with Crippen molar-refractivity contribution in [3.63, 3.8) is 0 Å². The van der Waals surface area contributed by atoms with Gasteiger partial charge in [0, 0.05) is 0 Å². The summed E-state index contributed by atoms with van der Waals surface area (Å²) >= 11 is 0. The van der Waals surface area contributed by atoms with Crippen LogP contribution in [0.25, 0.3) is 22.6 Å². The second-order valence-electron chi connectivity index (χ2n) is 9.15. The van der Waals surface area contributed by atoms with Crippen molar-refractivity contribution in [1.29, 1.82) is 10.5 Å². The first-order chi connectivity index (χ1) is 18.1. The maximum Gasteiger partial charge on any atom is 0.204 e. The van der Waals surface area contributed by atoms with Crippen LogP contribution in [0.5, 0.6) is 0 Å². The fourth-order valence-corrected chi connectivity index (χ4v) is 4.46. The summed E-state index contributed by atoms with van der Waals surface area (Å²) in [5, 5.41) is 17.7. The highest BCUT2D eigenvalue weighted by molar-refractivity contribution is 5.60. The molecule has 0 fully saturated rings. The van der Waals surface area contributed by atoms with Crippen LogP contribution in [-0.4, -0.2) is 0 Å². The summed E-state index contributed by atoms with van der Waals surface area (Å²) in [7, 11) is 0. The molecule has 0 atom stereocenters. The molecule has 188 valence electrons. The molecule has 0 aliphatic rings. The van der Waals surface area contributed by atoms with Gasteiger partial charge in [0.2, 0.25) is 11.5 Å². The lowest BCUT2D eigenvalue weighted by Crippen LogP contribution is -1.91. The van der Waals surface area contributed by atoms with Crippen molar-refractivity contribution in [1.82, 2.24) is 0 Å². The van der Waals surface area contributed by atoms with Crippen LogP contribution in [0.4, 0.5) is 8.78 Å². The van der Waals surface area contributed by atoms with Crippen molar-refractivity contribution in [2.75, 3.05) is 0 Å². The van der Waals surface area contributed by atoms with Gasteiger partial charge in [0.25, 0.3) is 0 Å². The van der Waals surface area contributed by atoms with Crippen LogP contribution in [0.2, 0.25) is 0 Å². The number of halogens is 2. The molecule has 6 heteroatoms. The van der Waals surface area contributed by atoms with Gasteiger partial charge in [0.05, 0.1) is 11.1 Å². The molecule has 0 saturated carbocycles. The topological polar surface area (TPSA) is 73.9 Å². The Balaban J connectivity index is 1.10. The highest BCUT2D eigenvalue weighted by Crippen LogP contribution is 2.27. The minimum Gasteiger partial charge on any atom is -0.446 e. The zero-order valence-corrected chi connectivity index (χ0v) is 20.6. The van der Waals surface area contributed by atoms with Crippen molar-refractivity contribution in [2.24, 2.45) is 0 Å². The molecule has 0 N–H and O–H groups in total. The maximum absolute atomic E-state index is 14.5. The molecular weight excluding hydrogens is 470 g/mol. The average molecular weight is 499 g/mol. The lowest BCUT2D eigenvalue weighted by atomic mass is 10.0. The predicted molar refractivity (Wildman–Crippen MR) is 137 cm³/mol. The van der Waals surface area contributed by atoms with E-state index in [1.807, 2.05) is 24.3 Å². The van der Waals surface area contributed by atoms with Crippen molar-refractivity contribution >= 4 is 0 Å². The summed E-state index contributed by atoms with van der Waals surface area (Å²) in [5.41, 5.74) is 2.67. The molecule has 4 rings (SSSR count). The molecule has 0 aliphatic heterocycles. The monoisotopic (exact) mass is 498 g/mol. The van der Waals surface area contributed by atoms with Crippen LogP contribution in [-0.2, 0) is 12.8 Å². The van der Waals surface area contributed by atoms with Gasteiger partial charge < -0.3 is 8.83 Å². The molecular formula is C31H28F2N2O2. The fraction of sp³-hybridized carbons (Fsp3) is 0.290. The number of rotatable bonds is 12. The van der Waals surface area contributed by atoms with E-state index in [9.17, 15) is 8.78 Å². The molecule has 2 aromatic carbocycles. The molecule has 37 heavy (non-hydrogen) atoms. The van der Waals surface area contributed by atoms with Crippen LogP contribution >= 0.6 is 0 Å². The van der Waals surface area contributed by atoms with E-state index in [4.69, 9.17) is 19.4 Å². The predicted octanol–water partition coefficient (Wildman–Crippen LogP) is 8.74. The Hall–Kier alpha value is -4.16. The quantitative estimate of drug-likeness (QED) is 0.183. The van der Waals surface area contributed by atoms with E-state index in [1.54, 1.807) is 36.4 Å². The number of furan rings is 2. The molecule has 0 saturated heterocycles. The Morgan fingerprint density at radius 2 is 0.946 bits per heavy atom. The summed E-state index contributed by atoms with van der Waals surface area (Å²) in [5.74, 6) is 0.408. The fourth-order valence-electron chi connectivity index (χ4n) is 4.46. The normalized spacial score (nSPS) is 10.8. The Bertz CT molecular complexity index is 1310. The third kappa shape index (κ3) is 6.96. The smallest absolute Gasteiger partial charge is 0.204 e. The van der Waals surface area contributed by atoms with E-state index >= 15 is 0 Å². The maximum atomic E-state index is 14.5. The number of nitrogens with zero attached hydrogens (tertiary/aromatic N) is 2. The van der Waals surface area contributed by atoms with Crippen molar-refractivity contribution in [3.8, 4) is 34.8 Å². The van der Waals surface area contributed by atoms with Crippen molar-refractivity contribution in [3.05, 3.63) is 94.9 Å². The van der Waals surface area contributed by atoms with Crippen LogP contribution in [0.15, 0.2) is 69.5 Å². The molecule has 0 amide bonds. The van der Waals surface area contributed by atoms with Crippen molar-refractivity contribution in [2.45, 2.75) is 57.8 Å². The first kappa shape index (κ1) is 25.9. The number of unbranched alkanes of at least 4 members (excludes halogenated alkanes) is 6. The van der Waals surface area contributed by atoms with Crippen LogP contribution in [0, 0.1) is 34.3 Å². The SMILES string of the molecule is N#Cc1ccc(-c2ccc(CCCCCCCCCc3ccc(-c4ccc(C#N)o4)c(F)c3)cc2F)o1. The zero-order valence-electron chi connectivity index (χ0n) is 20.6. The molecule has 4 nitrogen and oxygen atoms in total. The molecule has 0 radical (unpaired) electrons. The number of nitriles is 2. The lowest BCUT2D eigenvalue weighted by Gasteiger charge is -2.06. The van der Waals surface area contributed by atoms with E-state index in [-0.39, 0.29) is 23.2 Å². The summed E-state index contributed by atoms with van der Waals surface area (Å²) in [4.78, 5) is 0. The van der Waals surface area contributed by atoms with E-state index in [2.05, 4.69) is 0 Å². The summed E-state index contributed by atoms with van der Waals surface area (Å²) < 4.78 is 39.6. The largest absolute Gasteiger partial charge is 0.446 e. The van der Waals surface area contributed by atoms with Gasteiger partial charge in [-0.2, -0.15) is 10.5 Å². The third-order valence-corrected chi connectivity index (χ3v) is 6.46. The van der Waals surface area contributed by atoms with Crippen LogP contribution in [0.1, 0.15) is 67.6 Å². The van der Waals surface area contributed by atoms with E-state index in [0.29, 0.717) is 22.6 Å². The summed E-state index contributed by atoms with van der Waals surface area (Å²) in [6, 6.07) is 20.5. The second-order valence-corrected chi connectivity index (χ2v) is 9.15. The molecule has 0 bridgehead atoms. The minimum absolute atomic E-state index is 0.170. The average Bonchev–Trinajstić information content (AvgIpc) is 3.58. The lowest BCUT2D eigenvalue weighted by molar-refractivity contribution is 0.556. The Kier molecular flexibility index (Phi) is 8.89. The van der Waals surface area contributed by atoms with E-state index < -0.39 is 0 Å². The first-order valence-corrected chi connectivity index (χ1v) is 12.6. The molecule has 2 heterocycles. The molecule has 4 aromatic rings. The van der Waals surface area contributed by atoms with Crippen LogP contribution < -0.4 is 0 Å². The number of aryl methyl sites for hydroxylation is 2. The van der Waals surface area contributed by atoms with Crippen molar-refractivity contribution < 1.29 is 17.6 Å².